The zero-order valence-corrected chi connectivity index (χ0v) is 12.5. The van der Waals surface area contributed by atoms with Crippen molar-refractivity contribution in [2.45, 2.75) is 13.0 Å². The first kappa shape index (κ1) is 13.5. The summed E-state index contributed by atoms with van der Waals surface area (Å²) < 4.78 is 6.54. The number of thiophene rings is 1. The predicted octanol–water partition coefficient (Wildman–Crippen LogP) is 2.49. The molecule has 1 aromatic heterocycles. The largest absolute Gasteiger partial charge is 0.379 e. The molecule has 1 atom stereocenters. The Bertz CT molecular complexity index is 339. The van der Waals surface area contributed by atoms with Gasteiger partial charge in [-0.15, -0.1) is 11.3 Å². The lowest BCUT2D eigenvalue weighted by molar-refractivity contribution is 0.0382. The van der Waals surface area contributed by atoms with Gasteiger partial charge in [-0.2, -0.15) is 0 Å². The monoisotopic (exact) mass is 318 g/mol. The summed E-state index contributed by atoms with van der Waals surface area (Å²) in [4.78, 5) is 3.84. The van der Waals surface area contributed by atoms with E-state index in [9.17, 15) is 0 Å². The third kappa shape index (κ3) is 4.34. The zero-order chi connectivity index (χ0) is 12.1. The van der Waals surface area contributed by atoms with Crippen LogP contribution in [0.2, 0.25) is 0 Å². The fourth-order valence-electron chi connectivity index (χ4n) is 1.93. The van der Waals surface area contributed by atoms with E-state index in [2.05, 4.69) is 45.2 Å². The second kappa shape index (κ2) is 6.85. The van der Waals surface area contributed by atoms with Crippen LogP contribution in [-0.4, -0.2) is 44.3 Å². The second-order valence-corrected chi connectivity index (χ2v) is 6.77. The molecule has 2 heterocycles. The van der Waals surface area contributed by atoms with Gasteiger partial charge in [0, 0.05) is 37.1 Å². The van der Waals surface area contributed by atoms with Gasteiger partial charge in [-0.3, -0.25) is 4.90 Å². The first-order chi connectivity index (χ1) is 8.25. The van der Waals surface area contributed by atoms with Crippen molar-refractivity contribution in [2.24, 2.45) is 0 Å². The Hall–Kier alpha value is 0.0600. The van der Waals surface area contributed by atoms with E-state index in [4.69, 9.17) is 4.74 Å². The van der Waals surface area contributed by atoms with Gasteiger partial charge in [0.25, 0.3) is 0 Å². The van der Waals surface area contributed by atoms with Gasteiger partial charge in [-0.05, 0) is 35.0 Å². The molecule has 1 aliphatic heterocycles. The summed E-state index contributed by atoms with van der Waals surface area (Å²) in [5.41, 5.74) is 0. The maximum atomic E-state index is 5.33. The molecule has 1 unspecified atom stereocenters. The van der Waals surface area contributed by atoms with Gasteiger partial charge in [-0.25, -0.2) is 0 Å². The van der Waals surface area contributed by atoms with E-state index < -0.39 is 0 Å². The number of nitrogens with one attached hydrogen (secondary N) is 1. The average molecular weight is 319 g/mol. The standard InChI is InChI=1S/C12H19BrN2OS/c1-10(11-2-3-12(13)17-11)14-4-5-15-6-8-16-9-7-15/h2-3,10,14H,4-9H2,1H3. The summed E-state index contributed by atoms with van der Waals surface area (Å²) in [7, 11) is 0. The Labute approximate surface area is 115 Å². The Kier molecular flexibility index (Phi) is 5.44. The van der Waals surface area contributed by atoms with Crippen LogP contribution in [0, 0.1) is 0 Å². The molecule has 3 nitrogen and oxygen atoms in total. The van der Waals surface area contributed by atoms with Crippen molar-refractivity contribution in [1.82, 2.24) is 10.2 Å². The third-order valence-electron chi connectivity index (χ3n) is 3.00. The number of hydrogen-bond acceptors (Lipinski definition) is 4. The minimum Gasteiger partial charge on any atom is -0.379 e. The summed E-state index contributed by atoms with van der Waals surface area (Å²) in [6, 6.07) is 4.73. The smallest absolute Gasteiger partial charge is 0.0701 e. The maximum absolute atomic E-state index is 5.33. The topological polar surface area (TPSA) is 24.5 Å². The molecule has 17 heavy (non-hydrogen) atoms. The van der Waals surface area contributed by atoms with Crippen molar-refractivity contribution in [2.75, 3.05) is 39.4 Å². The highest BCUT2D eigenvalue weighted by Gasteiger charge is 2.11. The van der Waals surface area contributed by atoms with E-state index in [-0.39, 0.29) is 0 Å². The van der Waals surface area contributed by atoms with Gasteiger partial charge < -0.3 is 10.1 Å². The van der Waals surface area contributed by atoms with Crippen molar-refractivity contribution in [3.63, 3.8) is 0 Å². The number of hydrogen-bond donors (Lipinski definition) is 1. The lowest BCUT2D eigenvalue weighted by Crippen LogP contribution is -2.40. The van der Waals surface area contributed by atoms with Gasteiger partial charge in [0.1, 0.15) is 0 Å². The van der Waals surface area contributed by atoms with E-state index in [1.807, 2.05) is 0 Å². The molecular formula is C12H19BrN2OS. The van der Waals surface area contributed by atoms with E-state index in [0.717, 1.165) is 39.4 Å². The normalized spacial score (nSPS) is 19.4. The number of morpholine rings is 1. The lowest BCUT2D eigenvalue weighted by atomic mass is 10.3. The molecule has 1 saturated heterocycles. The number of nitrogens with zero attached hydrogens (tertiary/aromatic N) is 1. The van der Waals surface area contributed by atoms with Crippen LogP contribution in [-0.2, 0) is 4.74 Å². The Morgan fingerprint density at radius 3 is 2.88 bits per heavy atom. The maximum Gasteiger partial charge on any atom is 0.0701 e. The molecular weight excluding hydrogens is 300 g/mol. The molecule has 0 radical (unpaired) electrons. The second-order valence-electron chi connectivity index (χ2n) is 4.27. The van der Waals surface area contributed by atoms with Gasteiger partial charge in [0.05, 0.1) is 17.0 Å². The zero-order valence-electron chi connectivity index (χ0n) is 10.1. The van der Waals surface area contributed by atoms with Crippen LogP contribution >= 0.6 is 27.3 Å². The SMILES string of the molecule is CC(NCCN1CCOCC1)c1ccc(Br)s1. The van der Waals surface area contributed by atoms with Crippen molar-refractivity contribution in [3.05, 3.63) is 20.8 Å². The molecule has 1 aromatic rings. The molecule has 0 spiro atoms. The van der Waals surface area contributed by atoms with Gasteiger partial charge >= 0.3 is 0 Å². The number of halogens is 1. The van der Waals surface area contributed by atoms with Crippen LogP contribution in [0.1, 0.15) is 17.8 Å². The van der Waals surface area contributed by atoms with E-state index in [0.29, 0.717) is 6.04 Å². The van der Waals surface area contributed by atoms with Gasteiger partial charge in [-0.1, -0.05) is 0 Å². The molecule has 1 N–H and O–H groups in total. The molecule has 2 rings (SSSR count). The van der Waals surface area contributed by atoms with Crippen LogP contribution in [0.3, 0.4) is 0 Å². The average Bonchev–Trinajstić information content (AvgIpc) is 2.77. The van der Waals surface area contributed by atoms with Crippen LogP contribution in [0.5, 0.6) is 0 Å². The summed E-state index contributed by atoms with van der Waals surface area (Å²) >= 11 is 5.30. The first-order valence-electron chi connectivity index (χ1n) is 6.04. The number of ether oxygens (including phenoxy) is 1. The number of rotatable bonds is 5. The van der Waals surface area contributed by atoms with E-state index >= 15 is 0 Å². The van der Waals surface area contributed by atoms with Crippen molar-refractivity contribution >= 4 is 27.3 Å². The van der Waals surface area contributed by atoms with E-state index in [1.165, 1.54) is 8.66 Å². The fraction of sp³-hybridized carbons (Fsp3) is 0.667. The van der Waals surface area contributed by atoms with Crippen LogP contribution in [0.15, 0.2) is 15.9 Å². The van der Waals surface area contributed by atoms with Gasteiger partial charge in [0.2, 0.25) is 0 Å². The van der Waals surface area contributed by atoms with Crippen LogP contribution in [0.4, 0.5) is 0 Å². The fourth-order valence-corrected chi connectivity index (χ4v) is 3.38. The molecule has 0 aromatic carbocycles. The summed E-state index contributed by atoms with van der Waals surface area (Å²) in [6.07, 6.45) is 0. The highest BCUT2D eigenvalue weighted by Crippen LogP contribution is 2.26. The molecule has 0 aliphatic carbocycles. The highest BCUT2D eigenvalue weighted by atomic mass is 79.9. The highest BCUT2D eigenvalue weighted by molar-refractivity contribution is 9.11. The molecule has 96 valence electrons. The Morgan fingerprint density at radius 1 is 1.47 bits per heavy atom. The minimum atomic E-state index is 0.437. The van der Waals surface area contributed by atoms with Crippen molar-refractivity contribution in [3.8, 4) is 0 Å². The molecule has 1 aliphatic rings. The first-order valence-corrected chi connectivity index (χ1v) is 7.65. The van der Waals surface area contributed by atoms with E-state index in [1.54, 1.807) is 11.3 Å². The molecule has 1 fully saturated rings. The van der Waals surface area contributed by atoms with Crippen molar-refractivity contribution in [1.29, 1.82) is 0 Å². The van der Waals surface area contributed by atoms with Crippen molar-refractivity contribution < 1.29 is 4.74 Å². The molecule has 0 bridgehead atoms. The van der Waals surface area contributed by atoms with Crippen LogP contribution in [0.25, 0.3) is 0 Å². The summed E-state index contributed by atoms with van der Waals surface area (Å²) in [5.74, 6) is 0. The Balaban J connectivity index is 1.67. The predicted molar refractivity (Wildman–Crippen MR) is 75.7 cm³/mol. The Morgan fingerprint density at radius 2 is 2.24 bits per heavy atom. The van der Waals surface area contributed by atoms with Gasteiger partial charge in [0.15, 0.2) is 0 Å². The molecule has 0 saturated carbocycles. The quantitative estimate of drug-likeness (QED) is 0.902. The summed E-state index contributed by atoms with van der Waals surface area (Å²) in [6.45, 7) is 8.27. The molecule has 0 amide bonds. The minimum absolute atomic E-state index is 0.437. The third-order valence-corrected chi connectivity index (χ3v) is 4.81. The summed E-state index contributed by atoms with van der Waals surface area (Å²) in [5, 5.41) is 3.57. The van der Waals surface area contributed by atoms with Crippen LogP contribution < -0.4 is 5.32 Å². The lowest BCUT2D eigenvalue weighted by Gasteiger charge is -2.27. The molecule has 5 heteroatoms.